The molecule has 13 heavy (non-hydrogen) atoms. The highest BCUT2D eigenvalue weighted by Crippen LogP contribution is 1.91. The average Bonchev–Trinajstić information content (AvgIpc) is 2.12. The van der Waals surface area contributed by atoms with E-state index in [0.29, 0.717) is 6.61 Å². The minimum absolute atomic E-state index is 0.174. The van der Waals surface area contributed by atoms with Gasteiger partial charge in [0.25, 0.3) is 0 Å². The molecule has 0 spiro atoms. The quantitative estimate of drug-likeness (QED) is 0.480. The Hall–Kier alpha value is -1.16. The van der Waals surface area contributed by atoms with Crippen LogP contribution in [0, 0.1) is 5.41 Å². The van der Waals surface area contributed by atoms with Gasteiger partial charge in [0, 0.05) is 19.5 Å². The Morgan fingerprint density at radius 3 is 2.92 bits per heavy atom. The van der Waals surface area contributed by atoms with Gasteiger partial charge in [-0.15, -0.1) is 0 Å². The molecule has 0 aliphatic heterocycles. The SMILES string of the molecule is COC[C@@H](C)N=CC(C)=CNC=N. The number of nitrogens with zero attached hydrogens (tertiary/aromatic N) is 1. The highest BCUT2D eigenvalue weighted by Gasteiger charge is 1.94. The van der Waals surface area contributed by atoms with E-state index < -0.39 is 0 Å². The number of nitrogens with one attached hydrogen (secondary N) is 2. The van der Waals surface area contributed by atoms with Crippen molar-refractivity contribution in [2.75, 3.05) is 13.7 Å². The third-order valence-corrected chi connectivity index (χ3v) is 1.33. The van der Waals surface area contributed by atoms with E-state index in [0.717, 1.165) is 11.9 Å². The molecule has 0 aromatic carbocycles. The molecule has 0 rings (SSSR count). The Morgan fingerprint density at radius 1 is 1.69 bits per heavy atom. The van der Waals surface area contributed by atoms with Crippen molar-refractivity contribution < 1.29 is 4.74 Å². The van der Waals surface area contributed by atoms with Crippen molar-refractivity contribution in [1.29, 1.82) is 5.41 Å². The first-order valence-electron chi connectivity index (χ1n) is 4.14. The molecule has 0 unspecified atom stereocenters. The number of allylic oxidation sites excluding steroid dienone is 1. The topological polar surface area (TPSA) is 57.5 Å². The van der Waals surface area contributed by atoms with Gasteiger partial charge in [0.1, 0.15) is 0 Å². The Kier molecular flexibility index (Phi) is 6.82. The second kappa shape index (κ2) is 7.49. The van der Waals surface area contributed by atoms with Gasteiger partial charge in [-0.2, -0.15) is 0 Å². The maximum atomic E-state index is 6.73. The molecule has 0 fully saturated rings. The van der Waals surface area contributed by atoms with Crippen molar-refractivity contribution in [3.63, 3.8) is 0 Å². The van der Waals surface area contributed by atoms with Crippen LogP contribution in [0.15, 0.2) is 16.8 Å². The van der Waals surface area contributed by atoms with Crippen LogP contribution in [0.1, 0.15) is 13.8 Å². The molecule has 0 aliphatic rings. The first kappa shape index (κ1) is 11.8. The van der Waals surface area contributed by atoms with E-state index in [-0.39, 0.29) is 6.04 Å². The zero-order valence-electron chi connectivity index (χ0n) is 8.37. The molecule has 0 bridgehead atoms. The molecular weight excluding hydrogens is 166 g/mol. The van der Waals surface area contributed by atoms with Gasteiger partial charge in [0.2, 0.25) is 0 Å². The van der Waals surface area contributed by atoms with Crippen LogP contribution in [0.5, 0.6) is 0 Å². The highest BCUT2D eigenvalue weighted by molar-refractivity contribution is 5.78. The molecule has 74 valence electrons. The van der Waals surface area contributed by atoms with Crippen LogP contribution in [0.2, 0.25) is 0 Å². The van der Waals surface area contributed by atoms with Crippen molar-refractivity contribution in [2.45, 2.75) is 19.9 Å². The van der Waals surface area contributed by atoms with E-state index in [9.17, 15) is 0 Å². The van der Waals surface area contributed by atoms with Crippen molar-refractivity contribution in [1.82, 2.24) is 5.32 Å². The normalized spacial score (nSPS) is 14.5. The van der Waals surface area contributed by atoms with Gasteiger partial charge in [-0.05, 0) is 19.4 Å². The van der Waals surface area contributed by atoms with E-state index in [1.54, 1.807) is 19.5 Å². The summed E-state index contributed by atoms with van der Waals surface area (Å²) in [7, 11) is 1.66. The summed E-state index contributed by atoms with van der Waals surface area (Å²) in [5.41, 5.74) is 0.978. The maximum absolute atomic E-state index is 6.73. The van der Waals surface area contributed by atoms with Crippen LogP contribution < -0.4 is 5.32 Å². The van der Waals surface area contributed by atoms with Crippen LogP contribution in [-0.4, -0.2) is 32.3 Å². The minimum atomic E-state index is 0.174. The molecule has 1 atom stereocenters. The van der Waals surface area contributed by atoms with Crippen molar-refractivity contribution in [3.05, 3.63) is 11.8 Å². The van der Waals surface area contributed by atoms with Crippen LogP contribution in [-0.2, 0) is 4.74 Å². The summed E-state index contributed by atoms with van der Waals surface area (Å²) in [5, 5.41) is 9.39. The summed E-state index contributed by atoms with van der Waals surface area (Å²) in [5.74, 6) is 0. The van der Waals surface area contributed by atoms with Crippen molar-refractivity contribution in [3.8, 4) is 0 Å². The first-order chi connectivity index (χ1) is 6.20. The van der Waals surface area contributed by atoms with Gasteiger partial charge in [-0.25, -0.2) is 0 Å². The van der Waals surface area contributed by atoms with E-state index in [1.165, 1.54) is 0 Å². The number of hydrogen-bond acceptors (Lipinski definition) is 3. The molecule has 0 saturated heterocycles. The fraction of sp³-hybridized carbons (Fsp3) is 0.556. The van der Waals surface area contributed by atoms with Gasteiger partial charge in [0.05, 0.1) is 19.0 Å². The van der Waals surface area contributed by atoms with Crippen LogP contribution in [0.4, 0.5) is 0 Å². The Bertz CT molecular complexity index is 199. The molecule has 0 saturated carbocycles. The van der Waals surface area contributed by atoms with Crippen LogP contribution >= 0.6 is 0 Å². The number of methoxy groups -OCH3 is 1. The standard InChI is InChI=1S/C9H17N3O/c1-8(4-11-7-10)5-12-9(2)6-13-3/h4-5,7,9H,6H2,1-3H3,(H2,10,11)/t9-/m1/s1. The minimum Gasteiger partial charge on any atom is -0.382 e. The highest BCUT2D eigenvalue weighted by atomic mass is 16.5. The van der Waals surface area contributed by atoms with Gasteiger partial charge >= 0.3 is 0 Å². The van der Waals surface area contributed by atoms with Crippen LogP contribution in [0.3, 0.4) is 0 Å². The smallest absolute Gasteiger partial charge is 0.0830 e. The summed E-state index contributed by atoms with van der Waals surface area (Å²) in [6.07, 6.45) is 4.60. The maximum Gasteiger partial charge on any atom is 0.0830 e. The molecule has 0 aliphatic carbocycles. The summed E-state index contributed by atoms with van der Waals surface area (Å²) in [6.45, 7) is 4.53. The van der Waals surface area contributed by atoms with Gasteiger partial charge in [-0.1, -0.05) is 0 Å². The summed E-state index contributed by atoms with van der Waals surface area (Å²) >= 11 is 0. The lowest BCUT2D eigenvalue weighted by molar-refractivity contribution is 0.186. The molecule has 0 amide bonds. The first-order valence-corrected chi connectivity index (χ1v) is 4.14. The second-order valence-electron chi connectivity index (χ2n) is 2.78. The third kappa shape index (κ3) is 7.21. The molecule has 0 aromatic rings. The molecule has 0 aromatic heterocycles. The summed E-state index contributed by atoms with van der Waals surface area (Å²) < 4.78 is 4.93. The molecule has 4 nitrogen and oxygen atoms in total. The van der Waals surface area contributed by atoms with Crippen molar-refractivity contribution >= 4 is 12.6 Å². The zero-order valence-corrected chi connectivity index (χ0v) is 8.37. The Morgan fingerprint density at radius 2 is 2.38 bits per heavy atom. The molecule has 0 radical (unpaired) electrons. The monoisotopic (exact) mass is 183 g/mol. The fourth-order valence-electron chi connectivity index (χ4n) is 0.739. The third-order valence-electron chi connectivity index (χ3n) is 1.33. The summed E-state index contributed by atoms with van der Waals surface area (Å²) in [4.78, 5) is 4.23. The second-order valence-corrected chi connectivity index (χ2v) is 2.78. The molecule has 4 heteroatoms. The Labute approximate surface area is 79.2 Å². The van der Waals surface area contributed by atoms with Gasteiger partial charge < -0.3 is 10.1 Å². The molecule has 0 heterocycles. The lowest BCUT2D eigenvalue weighted by Crippen LogP contribution is -2.07. The van der Waals surface area contributed by atoms with Crippen LogP contribution in [0.25, 0.3) is 0 Å². The summed E-state index contributed by atoms with van der Waals surface area (Å²) in [6, 6.07) is 0.174. The van der Waals surface area contributed by atoms with E-state index in [4.69, 9.17) is 10.1 Å². The van der Waals surface area contributed by atoms with E-state index >= 15 is 0 Å². The van der Waals surface area contributed by atoms with E-state index in [1.807, 2.05) is 13.8 Å². The number of rotatable bonds is 6. The zero-order chi connectivity index (χ0) is 10.1. The van der Waals surface area contributed by atoms with Gasteiger partial charge in [-0.3, -0.25) is 10.4 Å². The average molecular weight is 183 g/mol. The fourth-order valence-corrected chi connectivity index (χ4v) is 0.739. The molecule has 2 N–H and O–H groups in total. The number of hydrogen-bond donors (Lipinski definition) is 2. The van der Waals surface area contributed by atoms with Crippen molar-refractivity contribution in [2.24, 2.45) is 4.99 Å². The predicted octanol–water partition coefficient (Wildman–Crippen LogP) is 1.19. The Balaban J connectivity index is 3.87. The molecular formula is C9H17N3O. The lowest BCUT2D eigenvalue weighted by atomic mass is 10.3. The largest absolute Gasteiger partial charge is 0.382 e. The lowest BCUT2D eigenvalue weighted by Gasteiger charge is -2.02. The van der Waals surface area contributed by atoms with Gasteiger partial charge in [0.15, 0.2) is 0 Å². The van der Waals surface area contributed by atoms with E-state index in [2.05, 4.69) is 10.3 Å². The number of aliphatic imine (C=N–C) groups is 1. The number of ether oxygens (including phenoxy) is 1. The predicted molar refractivity (Wildman–Crippen MR) is 55.5 cm³/mol.